The van der Waals surface area contributed by atoms with Crippen LogP contribution in [0.3, 0.4) is 0 Å². The van der Waals surface area contributed by atoms with E-state index >= 15 is 0 Å². The summed E-state index contributed by atoms with van der Waals surface area (Å²) in [6, 6.07) is 3.30. The van der Waals surface area contributed by atoms with Crippen LogP contribution in [0.5, 0.6) is 5.75 Å². The van der Waals surface area contributed by atoms with Gasteiger partial charge in [-0.25, -0.2) is 0 Å². The van der Waals surface area contributed by atoms with Gasteiger partial charge in [-0.1, -0.05) is 52.3 Å². The summed E-state index contributed by atoms with van der Waals surface area (Å²) in [5.41, 5.74) is 0.0824. The van der Waals surface area contributed by atoms with Crippen LogP contribution in [0.2, 0.25) is 0 Å². The average Bonchev–Trinajstić information content (AvgIpc) is 2.60. The van der Waals surface area contributed by atoms with Gasteiger partial charge in [-0.3, -0.25) is 20.2 Å². The van der Waals surface area contributed by atoms with Crippen LogP contribution in [0.1, 0.15) is 48.0 Å². The third-order valence-electron chi connectivity index (χ3n) is 2.50. The lowest BCUT2D eigenvalue weighted by atomic mass is 10.2. The first kappa shape index (κ1) is 24.6. The standard InChI is InChI=1S/C13H14N2O5.C3H8.C2H6/c1-3-5-10(4-2)9-20-13-7-6-11(14(16)17)8-12(13)15(18)19;1-3-2;1-2/h3-8H,9H2,1-2H3;3H2,1-2H3;1-2H3/b5-3-,10-4+;;. The number of ether oxygens (including phenoxy) is 1. The highest BCUT2D eigenvalue weighted by Gasteiger charge is 2.20. The van der Waals surface area contributed by atoms with Crippen molar-refractivity contribution in [3.8, 4) is 5.75 Å². The normalized spacial score (nSPS) is 10.2. The van der Waals surface area contributed by atoms with E-state index in [4.69, 9.17) is 4.74 Å². The Morgan fingerprint density at radius 3 is 2.08 bits per heavy atom. The molecule has 0 atom stereocenters. The van der Waals surface area contributed by atoms with Gasteiger partial charge >= 0.3 is 5.69 Å². The van der Waals surface area contributed by atoms with Crippen molar-refractivity contribution < 1.29 is 14.6 Å². The smallest absolute Gasteiger partial charge is 0.317 e. The predicted octanol–water partition coefficient (Wildman–Crippen LogP) is 5.85. The van der Waals surface area contributed by atoms with Crippen molar-refractivity contribution in [1.29, 1.82) is 0 Å². The summed E-state index contributed by atoms with van der Waals surface area (Å²) < 4.78 is 5.35. The van der Waals surface area contributed by atoms with E-state index in [0.29, 0.717) is 0 Å². The minimum Gasteiger partial charge on any atom is -0.482 e. The zero-order valence-corrected chi connectivity index (χ0v) is 15.8. The predicted molar refractivity (Wildman–Crippen MR) is 101 cm³/mol. The van der Waals surface area contributed by atoms with Crippen molar-refractivity contribution in [3.63, 3.8) is 0 Å². The number of benzene rings is 1. The molecular weight excluding hydrogens is 324 g/mol. The first-order valence-electron chi connectivity index (χ1n) is 8.24. The lowest BCUT2D eigenvalue weighted by molar-refractivity contribution is -0.394. The van der Waals surface area contributed by atoms with E-state index in [1.165, 1.54) is 18.6 Å². The molecule has 0 aliphatic rings. The highest BCUT2D eigenvalue weighted by molar-refractivity contribution is 5.53. The summed E-state index contributed by atoms with van der Waals surface area (Å²) in [4.78, 5) is 20.1. The van der Waals surface area contributed by atoms with Crippen LogP contribution in [-0.2, 0) is 0 Å². The number of nitrogens with zero attached hydrogens (tertiary/aromatic N) is 2. The van der Waals surface area contributed by atoms with Crippen LogP contribution < -0.4 is 4.74 Å². The molecule has 0 aliphatic heterocycles. The molecule has 0 heterocycles. The number of rotatable bonds is 6. The fraction of sp³-hybridized carbons (Fsp3) is 0.444. The second-order valence-electron chi connectivity index (χ2n) is 4.53. The molecule has 0 N–H and O–H groups in total. The Hall–Kier alpha value is -2.70. The molecule has 0 saturated heterocycles. The minimum atomic E-state index is -0.701. The van der Waals surface area contributed by atoms with Crippen LogP contribution in [-0.4, -0.2) is 16.5 Å². The van der Waals surface area contributed by atoms with Crippen molar-refractivity contribution in [2.75, 3.05) is 6.61 Å². The Balaban J connectivity index is 0. The zero-order valence-electron chi connectivity index (χ0n) is 15.8. The van der Waals surface area contributed by atoms with E-state index in [1.807, 2.05) is 45.9 Å². The number of allylic oxidation sites excluding steroid dienone is 2. The van der Waals surface area contributed by atoms with E-state index in [2.05, 4.69) is 13.8 Å². The largest absolute Gasteiger partial charge is 0.482 e. The van der Waals surface area contributed by atoms with Gasteiger partial charge in [-0.05, 0) is 25.5 Å². The topological polar surface area (TPSA) is 95.5 Å². The van der Waals surface area contributed by atoms with Crippen molar-refractivity contribution in [2.24, 2.45) is 0 Å². The molecule has 0 aliphatic carbocycles. The lowest BCUT2D eigenvalue weighted by Crippen LogP contribution is -2.02. The zero-order chi connectivity index (χ0) is 19.8. The highest BCUT2D eigenvalue weighted by atomic mass is 16.6. The Kier molecular flexibility index (Phi) is 14.6. The third kappa shape index (κ3) is 9.91. The van der Waals surface area contributed by atoms with Gasteiger partial charge in [0.25, 0.3) is 5.69 Å². The molecule has 0 fully saturated rings. The first-order valence-corrected chi connectivity index (χ1v) is 8.24. The molecule has 0 amide bonds. The summed E-state index contributed by atoms with van der Waals surface area (Å²) >= 11 is 0. The molecule has 0 unspecified atom stereocenters. The minimum absolute atomic E-state index is 0.00412. The van der Waals surface area contributed by atoms with E-state index in [0.717, 1.165) is 11.6 Å². The van der Waals surface area contributed by atoms with E-state index in [9.17, 15) is 20.2 Å². The molecule has 0 spiro atoms. The Morgan fingerprint density at radius 1 is 1.12 bits per heavy atom. The summed E-state index contributed by atoms with van der Waals surface area (Å²) in [6.45, 7) is 12.1. The molecule has 1 aromatic carbocycles. The Morgan fingerprint density at radius 2 is 1.68 bits per heavy atom. The van der Waals surface area contributed by atoms with Crippen molar-refractivity contribution in [1.82, 2.24) is 0 Å². The maximum Gasteiger partial charge on any atom is 0.317 e. The van der Waals surface area contributed by atoms with Crippen molar-refractivity contribution in [3.05, 3.63) is 62.2 Å². The highest BCUT2D eigenvalue weighted by Crippen LogP contribution is 2.31. The number of hydrogen-bond donors (Lipinski definition) is 0. The number of hydrogen-bond acceptors (Lipinski definition) is 5. The second-order valence-corrected chi connectivity index (χ2v) is 4.53. The monoisotopic (exact) mass is 352 g/mol. The number of nitro groups is 2. The SMILES string of the molecule is C/C=C\C(=C/C)COc1ccc([N+](=O)[O-])cc1[N+](=O)[O-].CC.CCC. The van der Waals surface area contributed by atoms with Crippen LogP contribution in [0.15, 0.2) is 42.0 Å². The molecule has 140 valence electrons. The maximum atomic E-state index is 10.9. The molecule has 0 saturated carbocycles. The van der Waals surface area contributed by atoms with E-state index in [1.54, 1.807) is 0 Å². The maximum absolute atomic E-state index is 10.9. The fourth-order valence-corrected chi connectivity index (χ4v) is 1.49. The number of nitro benzene ring substituents is 2. The van der Waals surface area contributed by atoms with Gasteiger partial charge in [-0.2, -0.15) is 0 Å². The van der Waals surface area contributed by atoms with Gasteiger partial charge < -0.3 is 4.74 Å². The van der Waals surface area contributed by atoms with Crippen molar-refractivity contribution >= 4 is 11.4 Å². The Labute approximate surface area is 149 Å². The summed E-state index contributed by atoms with van der Waals surface area (Å²) in [6.07, 6.45) is 6.71. The van der Waals surface area contributed by atoms with E-state index in [-0.39, 0.29) is 18.0 Å². The average molecular weight is 352 g/mol. The lowest BCUT2D eigenvalue weighted by Gasteiger charge is -2.07. The Bertz CT molecular complexity index is 595. The quantitative estimate of drug-likeness (QED) is 0.363. The molecular formula is C18H28N2O5. The van der Waals surface area contributed by atoms with Gasteiger partial charge in [0.05, 0.1) is 15.9 Å². The molecule has 0 aromatic heterocycles. The van der Waals surface area contributed by atoms with Crippen LogP contribution in [0.25, 0.3) is 0 Å². The molecule has 7 heteroatoms. The summed E-state index contributed by atoms with van der Waals surface area (Å²) in [5.74, 6) is 0.00412. The van der Waals surface area contributed by atoms with Crippen LogP contribution >= 0.6 is 0 Å². The van der Waals surface area contributed by atoms with Gasteiger partial charge in [0.15, 0.2) is 5.75 Å². The van der Waals surface area contributed by atoms with Gasteiger partial charge in [0.1, 0.15) is 6.61 Å². The molecule has 7 nitrogen and oxygen atoms in total. The second kappa shape index (κ2) is 14.9. The van der Waals surface area contributed by atoms with Crippen LogP contribution in [0, 0.1) is 20.2 Å². The van der Waals surface area contributed by atoms with Gasteiger partial charge in [0, 0.05) is 6.07 Å². The summed E-state index contributed by atoms with van der Waals surface area (Å²) in [5, 5.41) is 21.5. The molecule has 0 radical (unpaired) electrons. The molecule has 0 bridgehead atoms. The molecule has 1 aromatic rings. The van der Waals surface area contributed by atoms with Crippen LogP contribution in [0.4, 0.5) is 11.4 Å². The first-order chi connectivity index (χ1) is 11.9. The summed E-state index contributed by atoms with van der Waals surface area (Å²) in [7, 11) is 0. The molecule has 1 rings (SSSR count). The van der Waals surface area contributed by atoms with Gasteiger partial charge in [0.2, 0.25) is 0 Å². The number of non-ortho nitro benzene ring substituents is 1. The third-order valence-corrected chi connectivity index (χ3v) is 2.50. The molecule has 25 heavy (non-hydrogen) atoms. The van der Waals surface area contributed by atoms with Gasteiger partial charge in [-0.15, -0.1) is 0 Å². The van der Waals surface area contributed by atoms with E-state index < -0.39 is 15.5 Å². The fourth-order valence-electron chi connectivity index (χ4n) is 1.49. The van der Waals surface area contributed by atoms with Crippen molar-refractivity contribution in [2.45, 2.75) is 48.0 Å².